The third kappa shape index (κ3) is 4.94. The molecule has 9 heteroatoms. The average molecular weight is 521 g/mol. The monoisotopic (exact) mass is 520 g/mol. The first-order valence-electron chi connectivity index (χ1n) is 9.57. The second-order valence-corrected chi connectivity index (χ2v) is 9.76. The topological polar surface area (TPSA) is 84.5 Å². The molecule has 32 heavy (non-hydrogen) atoms. The Bertz CT molecular complexity index is 1290. The second kappa shape index (κ2) is 9.30. The Morgan fingerprint density at radius 2 is 1.69 bits per heavy atom. The molecule has 2 N–H and O–H groups in total. The quantitative estimate of drug-likeness (QED) is 0.444. The number of carbonyl (C=O) groups is 1. The van der Waals surface area contributed by atoms with Gasteiger partial charge in [-0.05, 0) is 67.8 Å². The number of ether oxygens (including phenoxy) is 1. The van der Waals surface area contributed by atoms with Gasteiger partial charge in [0.15, 0.2) is 0 Å². The van der Waals surface area contributed by atoms with Crippen molar-refractivity contribution in [1.82, 2.24) is 0 Å². The van der Waals surface area contributed by atoms with Crippen LogP contribution in [0.5, 0.6) is 5.75 Å². The highest BCUT2D eigenvalue weighted by Gasteiger charge is 2.23. The summed E-state index contributed by atoms with van der Waals surface area (Å²) in [5.41, 5.74) is 2.92. The Morgan fingerprint density at radius 3 is 2.31 bits per heavy atom. The number of nitrogens with one attached hydrogen (secondary N) is 2. The van der Waals surface area contributed by atoms with Crippen LogP contribution in [0.15, 0.2) is 57.9 Å². The van der Waals surface area contributed by atoms with Crippen LogP contribution in [0.1, 0.15) is 27.0 Å². The molecule has 0 bridgehead atoms. The first-order valence-corrected chi connectivity index (χ1v) is 11.8. The number of rotatable bonds is 6. The van der Waals surface area contributed by atoms with Crippen LogP contribution < -0.4 is 14.8 Å². The highest BCUT2D eigenvalue weighted by Crippen LogP contribution is 2.31. The first-order chi connectivity index (χ1) is 15.0. The van der Waals surface area contributed by atoms with E-state index >= 15 is 0 Å². The van der Waals surface area contributed by atoms with Gasteiger partial charge in [0.2, 0.25) is 0 Å². The largest absolute Gasteiger partial charge is 0.495 e. The van der Waals surface area contributed by atoms with Gasteiger partial charge in [-0.25, -0.2) is 12.8 Å². The summed E-state index contributed by atoms with van der Waals surface area (Å²) in [5, 5.41) is 2.63. The summed E-state index contributed by atoms with van der Waals surface area (Å²) in [7, 11) is -2.68. The summed E-state index contributed by atoms with van der Waals surface area (Å²) in [6.45, 7) is 5.28. The van der Waals surface area contributed by atoms with Gasteiger partial charge >= 0.3 is 0 Å². The number of hydrogen-bond donors (Lipinski definition) is 2. The lowest BCUT2D eigenvalue weighted by atomic mass is 10.1. The summed E-state index contributed by atoms with van der Waals surface area (Å²) in [6, 6.07) is 12.1. The minimum absolute atomic E-state index is 0.117. The van der Waals surface area contributed by atoms with Gasteiger partial charge in [-0.15, -0.1) is 0 Å². The van der Waals surface area contributed by atoms with Crippen molar-refractivity contribution in [2.75, 3.05) is 17.1 Å². The summed E-state index contributed by atoms with van der Waals surface area (Å²) in [5.74, 6) is -1.02. The fourth-order valence-corrected chi connectivity index (χ4v) is 5.04. The molecule has 0 saturated heterocycles. The number of anilines is 2. The summed E-state index contributed by atoms with van der Waals surface area (Å²) in [4.78, 5) is 12.6. The van der Waals surface area contributed by atoms with Crippen LogP contribution in [0.3, 0.4) is 0 Å². The van der Waals surface area contributed by atoms with Crippen LogP contribution in [0.25, 0.3) is 0 Å². The van der Waals surface area contributed by atoms with Crippen LogP contribution in [-0.4, -0.2) is 21.4 Å². The highest BCUT2D eigenvalue weighted by molar-refractivity contribution is 9.10. The Morgan fingerprint density at radius 1 is 1.03 bits per heavy atom. The SMILES string of the molecule is COc1ccc(NC(=O)c2cc(F)cc(Br)c2C)cc1S(=O)(=O)Nc1c(C)cccc1C. The van der Waals surface area contributed by atoms with Crippen LogP contribution in [0.2, 0.25) is 0 Å². The molecule has 0 aliphatic rings. The molecule has 0 aliphatic carbocycles. The van der Waals surface area contributed by atoms with Crippen molar-refractivity contribution >= 4 is 43.2 Å². The summed E-state index contributed by atoms with van der Waals surface area (Å²) >= 11 is 3.23. The predicted octanol–water partition coefficient (Wildman–Crippen LogP) is 5.58. The zero-order chi connectivity index (χ0) is 23.6. The van der Waals surface area contributed by atoms with Crippen LogP contribution >= 0.6 is 15.9 Å². The molecule has 0 atom stereocenters. The molecule has 0 radical (unpaired) electrons. The van der Waals surface area contributed by atoms with Gasteiger partial charge in [-0.1, -0.05) is 34.1 Å². The third-order valence-electron chi connectivity index (χ3n) is 4.98. The number of halogens is 2. The van der Waals surface area contributed by atoms with Gasteiger partial charge in [-0.3, -0.25) is 9.52 Å². The minimum atomic E-state index is -4.04. The fourth-order valence-electron chi connectivity index (χ4n) is 3.21. The maximum Gasteiger partial charge on any atom is 0.265 e. The van der Waals surface area contributed by atoms with Crippen molar-refractivity contribution in [3.8, 4) is 5.75 Å². The van der Waals surface area contributed by atoms with Crippen LogP contribution in [-0.2, 0) is 10.0 Å². The average Bonchev–Trinajstić information content (AvgIpc) is 2.73. The van der Waals surface area contributed by atoms with E-state index < -0.39 is 21.7 Å². The molecule has 168 valence electrons. The number of benzene rings is 3. The molecular weight excluding hydrogens is 499 g/mol. The van der Waals surface area contributed by atoms with E-state index in [1.807, 2.05) is 6.07 Å². The van der Waals surface area contributed by atoms with Crippen LogP contribution in [0.4, 0.5) is 15.8 Å². The van der Waals surface area contributed by atoms with E-state index in [0.29, 0.717) is 15.7 Å². The third-order valence-corrected chi connectivity index (χ3v) is 7.18. The van der Waals surface area contributed by atoms with E-state index in [9.17, 15) is 17.6 Å². The first kappa shape index (κ1) is 23.7. The zero-order valence-corrected chi connectivity index (χ0v) is 20.3. The molecule has 0 fully saturated rings. The molecule has 3 rings (SSSR count). The lowest BCUT2D eigenvalue weighted by Gasteiger charge is -2.16. The van der Waals surface area contributed by atoms with Gasteiger partial charge in [0.1, 0.15) is 16.5 Å². The number of aryl methyl sites for hydroxylation is 2. The molecule has 0 heterocycles. The van der Waals surface area contributed by atoms with Gasteiger partial charge in [0.25, 0.3) is 15.9 Å². The molecule has 0 spiro atoms. The van der Waals surface area contributed by atoms with Crippen molar-refractivity contribution in [1.29, 1.82) is 0 Å². The minimum Gasteiger partial charge on any atom is -0.495 e. The number of hydrogen-bond acceptors (Lipinski definition) is 4. The van der Waals surface area contributed by atoms with Crippen molar-refractivity contribution in [3.05, 3.63) is 81.1 Å². The molecule has 1 amide bonds. The van der Waals surface area contributed by atoms with Crippen molar-refractivity contribution in [2.45, 2.75) is 25.7 Å². The molecule has 3 aromatic rings. The van der Waals surface area contributed by atoms with E-state index in [1.54, 1.807) is 32.9 Å². The Hall–Kier alpha value is -2.91. The number of methoxy groups -OCH3 is 1. The summed E-state index contributed by atoms with van der Waals surface area (Å²) in [6.07, 6.45) is 0. The Kier molecular flexibility index (Phi) is 6.90. The lowest BCUT2D eigenvalue weighted by Crippen LogP contribution is -2.17. The standard InChI is InChI=1S/C23H22BrFN2O4S/c1-13-6-5-7-14(2)22(13)27-32(29,30)21-12-17(8-9-20(21)31-4)26-23(28)18-10-16(25)11-19(24)15(18)3/h5-12,27H,1-4H3,(H,26,28). The van der Waals surface area contributed by atoms with E-state index in [1.165, 1.54) is 31.4 Å². The second-order valence-electron chi connectivity index (χ2n) is 7.25. The lowest BCUT2D eigenvalue weighted by molar-refractivity contribution is 0.102. The molecular formula is C23H22BrFN2O4S. The van der Waals surface area contributed by atoms with E-state index in [0.717, 1.165) is 17.2 Å². The maximum absolute atomic E-state index is 13.8. The number of carbonyl (C=O) groups excluding carboxylic acids is 1. The molecule has 0 aromatic heterocycles. The molecule has 0 saturated carbocycles. The van der Waals surface area contributed by atoms with Gasteiger partial charge in [0.05, 0.1) is 12.8 Å². The zero-order valence-electron chi connectivity index (χ0n) is 17.9. The number of para-hydroxylation sites is 1. The molecule has 6 nitrogen and oxygen atoms in total. The van der Waals surface area contributed by atoms with Gasteiger partial charge in [-0.2, -0.15) is 0 Å². The molecule has 0 unspecified atom stereocenters. The van der Waals surface area contributed by atoms with Crippen molar-refractivity contribution in [3.63, 3.8) is 0 Å². The Labute approximate surface area is 195 Å². The van der Waals surface area contributed by atoms with Gasteiger partial charge < -0.3 is 10.1 Å². The Balaban J connectivity index is 1.98. The molecule has 3 aromatic carbocycles. The predicted molar refractivity (Wildman–Crippen MR) is 127 cm³/mol. The highest BCUT2D eigenvalue weighted by atomic mass is 79.9. The smallest absolute Gasteiger partial charge is 0.265 e. The van der Waals surface area contributed by atoms with E-state index in [-0.39, 0.29) is 21.9 Å². The number of sulfonamides is 1. The van der Waals surface area contributed by atoms with Gasteiger partial charge in [0, 0.05) is 15.7 Å². The van der Waals surface area contributed by atoms with Crippen molar-refractivity contribution < 1.29 is 22.3 Å². The van der Waals surface area contributed by atoms with E-state index in [4.69, 9.17) is 4.74 Å². The maximum atomic E-state index is 13.8. The normalized spacial score (nSPS) is 11.2. The molecule has 0 aliphatic heterocycles. The number of amides is 1. The van der Waals surface area contributed by atoms with E-state index in [2.05, 4.69) is 26.0 Å². The van der Waals surface area contributed by atoms with Crippen LogP contribution in [0, 0.1) is 26.6 Å². The summed E-state index contributed by atoms with van der Waals surface area (Å²) < 4.78 is 48.4. The fraction of sp³-hybridized carbons (Fsp3) is 0.174. The van der Waals surface area contributed by atoms with Crippen molar-refractivity contribution in [2.24, 2.45) is 0 Å².